The van der Waals surface area contributed by atoms with Gasteiger partial charge < -0.3 is 10.4 Å². The lowest BCUT2D eigenvalue weighted by Crippen LogP contribution is -2.29. The van der Waals surface area contributed by atoms with Gasteiger partial charge in [0.15, 0.2) is 0 Å². The fourth-order valence-electron chi connectivity index (χ4n) is 2.24. The average molecular weight is 234 g/mol. The summed E-state index contributed by atoms with van der Waals surface area (Å²) in [5.74, 6) is 0.476. The topological polar surface area (TPSA) is 62.2 Å². The number of hydrogen-bond donors (Lipinski definition) is 2. The summed E-state index contributed by atoms with van der Waals surface area (Å²) in [5.41, 5.74) is 0.976. The van der Waals surface area contributed by atoms with E-state index in [1.807, 2.05) is 12.1 Å². The molecule has 1 aromatic rings. The van der Waals surface area contributed by atoms with Gasteiger partial charge in [0.25, 0.3) is 0 Å². The lowest BCUT2D eigenvalue weighted by atomic mass is 10.1. The Morgan fingerprint density at radius 2 is 2.18 bits per heavy atom. The van der Waals surface area contributed by atoms with Crippen LogP contribution in [0, 0.1) is 5.92 Å². The second kappa shape index (κ2) is 5.77. The minimum Gasteiger partial charge on any atom is -0.393 e. The molecule has 0 saturated heterocycles. The number of aromatic nitrogens is 1. The molecule has 1 amide bonds. The van der Waals surface area contributed by atoms with Gasteiger partial charge in [-0.2, -0.15) is 0 Å². The van der Waals surface area contributed by atoms with Crippen molar-refractivity contribution in [3.63, 3.8) is 0 Å². The Morgan fingerprint density at radius 1 is 1.41 bits per heavy atom. The highest BCUT2D eigenvalue weighted by atomic mass is 16.3. The number of nitrogens with zero attached hydrogens (tertiary/aromatic N) is 1. The molecule has 0 bridgehead atoms. The fraction of sp³-hybridized carbons (Fsp3) is 0.538. The van der Waals surface area contributed by atoms with Crippen LogP contribution in [0.1, 0.15) is 24.8 Å². The summed E-state index contributed by atoms with van der Waals surface area (Å²) in [6, 6.07) is 3.69. The Morgan fingerprint density at radius 3 is 2.82 bits per heavy atom. The van der Waals surface area contributed by atoms with Gasteiger partial charge in [0.05, 0.1) is 12.5 Å². The Bertz CT molecular complexity index is 367. The van der Waals surface area contributed by atoms with E-state index < -0.39 is 0 Å². The van der Waals surface area contributed by atoms with Gasteiger partial charge in [0.2, 0.25) is 5.91 Å². The van der Waals surface area contributed by atoms with Gasteiger partial charge in [0, 0.05) is 18.9 Å². The van der Waals surface area contributed by atoms with E-state index in [1.54, 1.807) is 12.4 Å². The monoisotopic (exact) mass is 234 g/mol. The molecule has 4 heteroatoms. The van der Waals surface area contributed by atoms with Crippen molar-refractivity contribution in [3.05, 3.63) is 30.1 Å². The van der Waals surface area contributed by atoms with Gasteiger partial charge in [-0.05, 0) is 42.9 Å². The number of carbonyl (C=O) groups is 1. The van der Waals surface area contributed by atoms with Crippen molar-refractivity contribution >= 4 is 5.91 Å². The second-order valence-electron chi connectivity index (χ2n) is 4.67. The van der Waals surface area contributed by atoms with Crippen molar-refractivity contribution in [1.29, 1.82) is 0 Å². The summed E-state index contributed by atoms with van der Waals surface area (Å²) in [4.78, 5) is 15.6. The molecule has 0 aromatic carbocycles. The SMILES string of the molecule is O=C(Cc1ccncc1)NCC1CCC(O)C1. The summed E-state index contributed by atoms with van der Waals surface area (Å²) in [7, 11) is 0. The molecular weight excluding hydrogens is 216 g/mol. The Kier molecular flexibility index (Phi) is 4.09. The van der Waals surface area contributed by atoms with E-state index in [1.165, 1.54) is 0 Å². The number of aliphatic hydroxyl groups is 1. The van der Waals surface area contributed by atoms with Crippen molar-refractivity contribution in [1.82, 2.24) is 10.3 Å². The van der Waals surface area contributed by atoms with Gasteiger partial charge in [-0.3, -0.25) is 9.78 Å². The van der Waals surface area contributed by atoms with Crippen LogP contribution in [0.5, 0.6) is 0 Å². The van der Waals surface area contributed by atoms with E-state index >= 15 is 0 Å². The summed E-state index contributed by atoms with van der Waals surface area (Å²) in [6.45, 7) is 0.682. The van der Waals surface area contributed by atoms with E-state index in [0.717, 1.165) is 24.8 Å². The largest absolute Gasteiger partial charge is 0.393 e. The highest BCUT2D eigenvalue weighted by Gasteiger charge is 2.22. The van der Waals surface area contributed by atoms with Gasteiger partial charge in [-0.25, -0.2) is 0 Å². The number of carbonyl (C=O) groups excluding carboxylic acids is 1. The molecule has 1 aliphatic carbocycles. The average Bonchev–Trinajstić information content (AvgIpc) is 2.74. The number of rotatable bonds is 4. The fourth-order valence-corrected chi connectivity index (χ4v) is 2.24. The lowest BCUT2D eigenvalue weighted by molar-refractivity contribution is -0.120. The number of amides is 1. The van der Waals surface area contributed by atoms with Crippen LogP contribution >= 0.6 is 0 Å². The van der Waals surface area contributed by atoms with Gasteiger partial charge in [-0.15, -0.1) is 0 Å². The van der Waals surface area contributed by atoms with E-state index in [9.17, 15) is 9.90 Å². The van der Waals surface area contributed by atoms with Crippen LogP contribution in [-0.2, 0) is 11.2 Å². The van der Waals surface area contributed by atoms with Crippen LogP contribution in [0.15, 0.2) is 24.5 Å². The van der Waals surface area contributed by atoms with Crippen molar-refractivity contribution in [2.24, 2.45) is 5.92 Å². The highest BCUT2D eigenvalue weighted by molar-refractivity contribution is 5.78. The minimum atomic E-state index is -0.169. The van der Waals surface area contributed by atoms with Gasteiger partial charge >= 0.3 is 0 Å². The van der Waals surface area contributed by atoms with Crippen molar-refractivity contribution in [2.45, 2.75) is 31.8 Å². The van der Waals surface area contributed by atoms with E-state index in [2.05, 4.69) is 10.3 Å². The van der Waals surface area contributed by atoms with Crippen LogP contribution in [0.3, 0.4) is 0 Å². The molecule has 2 atom stereocenters. The molecule has 17 heavy (non-hydrogen) atoms. The standard InChI is InChI=1S/C13H18N2O2/c16-12-2-1-11(7-12)9-15-13(17)8-10-3-5-14-6-4-10/h3-6,11-12,16H,1-2,7-9H2,(H,15,17). The third-order valence-corrected chi connectivity index (χ3v) is 3.22. The molecule has 1 fully saturated rings. The first kappa shape index (κ1) is 12.0. The molecule has 4 nitrogen and oxygen atoms in total. The Balaban J connectivity index is 1.71. The zero-order chi connectivity index (χ0) is 12.1. The molecule has 0 spiro atoms. The normalized spacial score (nSPS) is 23.6. The summed E-state index contributed by atoms with van der Waals surface area (Å²) in [5, 5.41) is 12.3. The summed E-state index contributed by atoms with van der Waals surface area (Å²) < 4.78 is 0. The second-order valence-corrected chi connectivity index (χ2v) is 4.67. The molecule has 1 saturated carbocycles. The van der Waals surface area contributed by atoms with Crippen LogP contribution < -0.4 is 5.32 Å². The predicted octanol–water partition coefficient (Wildman–Crippen LogP) is 0.901. The first-order valence-corrected chi connectivity index (χ1v) is 6.07. The van der Waals surface area contributed by atoms with Crippen molar-refractivity contribution in [3.8, 4) is 0 Å². The molecule has 2 rings (SSSR count). The molecule has 0 aliphatic heterocycles. The third kappa shape index (κ3) is 3.82. The Hall–Kier alpha value is -1.42. The van der Waals surface area contributed by atoms with Crippen molar-refractivity contribution in [2.75, 3.05) is 6.54 Å². The number of hydrogen-bond acceptors (Lipinski definition) is 3. The third-order valence-electron chi connectivity index (χ3n) is 3.22. The maximum atomic E-state index is 11.7. The molecule has 1 aliphatic rings. The van der Waals surface area contributed by atoms with Gasteiger partial charge in [-0.1, -0.05) is 0 Å². The molecular formula is C13H18N2O2. The molecule has 1 aromatic heterocycles. The maximum absolute atomic E-state index is 11.7. The lowest BCUT2D eigenvalue weighted by Gasteiger charge is -2.10. The van der Waals surface area contributed by atoms with Crippen LogP contribution in [-0.4, -0.2) is 28.6 Å². The quantitative estimate of drug-likeness (QED) is 0.813. The van der Waals surface area contributed by atoms with E-state index in [-0.39, 0.29) is 12.0 Å². The number of pyridine rings is 1. The van der Waals surface area contributed by atoms with Crippen LogP contribution in [0.4, 0.5) is 0 Å². The zero-order valence-electron chi connectivity index (χ0n) is 9.80. The van der Waals surface area contributed by atoms with Gasteiger partial charge in [0.1, 0.15) is 0 Å². The zero-order valence-corrected chi connectivity index (χ0v) is 9.80. The molecule has 92 valence electrons. The first-order valence-electron chi connectivity index (χ1n) is 6.07. The number of aliphatic hydroxyl groups excluding tert-OH is 1. The molecule has 2 unspecified atom stereocenters. The summed E-state index contributed by atoms with van der Waals surface area (Å²) in [6.07, 6.45) is 6.30. The predicted molar refractivity (Wildman–Crippen MR) is 64.3 cm³/mol. The van der Waals surface area contributed by atoms with Crippen molar-refractivity contribution < 1.29 is 9.90 Å². The van der Waals surface area contributed by atoms with E-state index in [4.69, 9.17) is 0 Å². The smallest absolute Gasteiger partial charge is 0.224 e. The number of nitrogens with one attached hydrogen (secondary N) is 1. The van der Waals surface area contributed by atoms with E-state index in [0.29, 0.717) is 18.9 Å². The maximum Gasteiger partial charge on any atom is 0.224 e. The first-order chi connectivity index (χ1) is 8.24. The Labute approximate surface area is 101 Å². The van der Waals surface area contributed by atoms with Crippen LogP contribution in [0.2, 0.25) is 0 Å². The molecule has 0 radical (unpaired) electrons. The molecule has 1 heterocycles. The summed E-state index contributed by atoms with van der Waals surface area (Å²) >= 11 is 0. The van der Waals surface area contributed by atoms with Crippen LogP contribution in [0.25, 0.3) is 0 Å². The highest BCUT2D eigenvalue weighted by Crippen LogP contribution is 2.24. The minimum absolute atomic E-state index is 0.0394. The molecule has 2 N–H and O–H groups in total.